The highest BCUT2D eigenvalue weighted by Crippen LogP contribution is 2.54. The Hall–Kier alpha value is -12.6. The average molecular weight is 1320 g/mol. The molecule has 18 rings (SSSR count). The van der Waals surface area contributed by atoms with Gasteiger partial charge in [-0.1, -0.05) is 212 Å². The maximum Gasteiger partial charge on any atom is 0.143 e. The van der Waals surface area contributed by atoms with E-state index >= 15 is 0 Å². The first-order valence-corrected chi connectivity index (χ1v) is 35.3. The van der Waals surface area contributed by atoms with Crippen molar-refractivity contribution < 1.29 is 8.83 Å². The lowest BCUT2D eigenvalue weighted by molar-refractivity contribution is 0.676. The average Bonchev–Trinajstić information content (AvgIpc) is 1.39. The Labute approximate surface area is 594 Å². The highest BCUT2D eigenvalue weighted by molar-refractivity contribution is 6.28. The number of hydrogen-bond donors (Lipinski definition) is 0. The second-order valence-corrected chi connectivity index (χ2v) is 27.6. The first-order chi connectivity index (χ1) is 49.9. The predicted octanol–water partition coefficient (Wildman–Crippen LogP) is 28.1. The molecule has 490 valence electrons. The van der Waals surface area contributed by atoms with Crippen molar-refractivity contribution in [3.63, 3.8) is 0 Å². The van der Waals surface area contributed by atoms with Crippen LogP contribution < -0.4 is 19.6 Å². The summed E-state index contributed by atoms with van der Waals surface area (Å²) >= 11 is 0. The van der Waals surface area contributed by atoms with Crippen molar-refractivity contribution >= 4 is 155 Å². The van der Waals surface area contributed by atoms with Crippen molar-refractivity contribution in [1.82, 2.24) is 0 Å². The minimum atomic E-state index is 0.831. The van der Waals surface area contributed by atoms with Crippen LogP contribution in [0.5, 0.6) is 0 Å². The maximum absolute atomic E-state index is 7.60. The van der Waals surface area contributed by atoms with E-state index in [1.165, 1.54) is 33.4 Å². The van der Waals surface area contributed by atoms with Crippen molar-refractivity contribution in [3.05, 3.63) is 348 Å². The minimum Gasteiger partial charge on any atom is -0.455 e. The second-order valence-electron chi connectivity index (χ2n) is 27.6. The zero-order chi connectivity index (χ0) is 69.0. The first-order valence-electron chi connectivity index (χ1n) is 35.3. The third-order valence-corrected chi connectivity index (χ3v) is 21.0. The van der Waals surface area contributed by atoms with E-state index in [0.29, 0.717) is 0 Å². The largest absolute Gasteiger partial charge is 0.455 e. The van der Waals surface area contributed by atoms with Gasteiger partial charge in [-0.3, -0.25) is 0 Å². The van der Waals surface area contributed by atoms with Crippen LogP contribution in [0.3, 0.4) is 0 Å². The van der Waals surface area contributed by atoms with Gasteiger partial charge in [0.05, 0.1) is 22.7 Å². The van der Waals surface area contributed by atoms with Gasteiger partial charge in [-0.25, -0.2) is 0 Å². The van der Waals surface area contributed by atoms with E-state index in [2.05, 4.69) is 378 Å². The summed E-state index contributed by atoms with van der Waals surface area (Å²) in [6.45, 7) is 17.7. The van der Waals surface area contributed by atoms with Gasteiger partial charge in [0, 0.05) is 110 Å². The number of aryl methyl sites for hydroxylation is 8. The molecule has 0 N–H and O–H groups in total. The number of benzene rings is 16. The van der Waals surface area contributed by atoms with Gasteiger partial charge in [0.25, 0.3) is 0 Å². The monoisotopic (exact) mass is 1310 g/mol. The van der Waals surface area contributed by atoms with Crippen LogP contribution in [0.2, 0.25) is 0 Å². The molecule has 6 heteroatoms. The second kappa shape index (κ2) is 24.7. The van der Waals surface area contributed by atoms with Crippen LogP contribution >= 0.6 is 0 Å². The molecule has 0 bridgehead atoms. The van der Waals surface area contributed by atoms with Crippen molar-refractivity contribution in [2.75, 3.05) is 19.6 Å². The zero-order valence-corrected chi connectivity index (χ0v) is 58.5. The van der Waals surface area contributed by atoms with E-state index < -0.39 is 0 Å². The predicted molar refractivity (Wildman–Crippen MR) is 433 cm³/mol. The summed E-state index contributed by atoms with van der Waals surface area (Å²) in [5, 5.41) is 12.6. The molecule has 0 spiro atoms. The molecule has 18 aromatic rings. The molecule has 0 radical (unpaired) electrons. The van der Waals surface area contributed by atoms with E-state index in [1.54, 1.807) is 0 Å². The number of para-hydroxylation sites is 5. The van der Waals surface area contributed by atoms with E-state index in [-0.39, 0.29) is 0 Å². The Balaban J connectivity index is 0.885. The van der Waals surface area contributed by atoms with Crippen LogP contribution in [0, 0.1) is 55.4 Å². The molecule has 2 aromatic heterocycles. The van der Waals surface area contributed by atoms with Gasteiger partial charge in [-0.2, -0.15) is 0 Å². The third-order valence-electron chi connectivity index (χ3n) is 21.0. The quantitative estimate of drug-likeness (QED) is 0.115. The summed E-state index contributed by atoms with van der Waals surface area (Å²) in [6.07, 6.45) is 0. The fourth-order valence-electron chi connectivity index (χ4n) is 16.0. The van der Waals surface area contributed by atoms with Crippen LogP contribution in [0.1, 0.15) is 44.5 Å². The molecule has 0 saturated heterocycles. The molecule has 0 fully saturated rings. The van der Waals surface area contributed by atoms with Crippen molar-refractivity contribution in [2.45, 2.75) is 55.4 Å². The van der Waals surface area contributed by atoms with Gasteiger partial charge >= 0.3 is 0 Å². The number of anilines is 12. The molecular weight excluding hydrogens is 1240 g/mol. The fraction of sp³-hybridized carbons (Fsp3) is 0.0833. The summed E-state index contributed by atoms with van der Waals surface area (Å²) in [5.74, 6) is 0. The third kappa shape index (κ3) is 10.1. The van der Waals surface area contributed by atoms with Gasteiger partial charge in [-0.05, 0) is 202 Å². The standard InChI is InChI=1S/C96H74N4O2/c1-59-27-25-34-69(51-59)97(83-42-20-9-29-61(83)3)89-55-79-82-56-90(98(70-35-26-28-60(2)52-70)84-43-21-10-30-62(84)4)74-50-49-67(53-78(74)96(82)102-95(79)75-39-17-14-36-71(75)89)68-48-47-66(8)88(54-68)100(87-46-24-13-33-65(87)7)92-58-81-80-57-91(99(85-44-22-11-31-63(85)5)86-45-23-12-32-64(86)6)72-37-15-18-40-76(72)93(80)101-94(81)77-41-19-16-38-73(77)92/h9-58H,1-8H3. The Kier molecular flexibility index (Phi) is 14.9. The molecule has 2 heterocycles. The fourth-order valence-corrected chi connectivity index (χ4v) is 16.0. The number of nitrogens with zero attached hydrogens (tertiary/aromatic N) is 4. The Bertz CT molecular complexity index is 6380. The summed E-state index contributed by atoms with van der Waals surface area (Å²) in [5.41, 5.74) is 27.9. The van der Waals surface area contributed by atoms with Crippen LogP contribution in [0.25, 0.3) is 98.1 Å². The molecule has 0 saturated carbocycles. The van der Waals surface area contributed by atoms with Gasteiger partial charge in [0.1, 0.15) is 22.3 Å². The molecule has 102 heavy (non-hydrogen) atoms. The first kappa shape index (κ1) is 61.7. The summed E-state index contributed by atoms with van der Waals surface area (Å²) in [6, 6.07) is 111. The lowest BCUT2D eigenvalue weighted by Crippen LogP contribution is -2.13. The molecule has 0 aliphatic heterocycles. The van der Waals surface area contributed by atoms with E-state index in [4.69, 9.17) is 8.83 Å². The molecular formula is C96H74N4O2. The van der Waals surface area contributed by atoms with Crippen LogP contribution in [-0.2, 0) is 0 Å². The smallest absolute Gasteiger partial charge is 0.143 e. The number of fused-ring (bicyclic) bond motifs is 14. The van der Waals surface area contributed by atoms with Crippen LogP contribution in [-0.4, -0.2) is 0 Å². The maximum atomic E-state index is 7.60. The normalized spacial score (nSPS) is 11.7. The summed E-state index contributed by atoms with van der Waals surface area (Å²) in [4.78, 5) is 9.85. The SMILES string of the molecule is Cc1cccc(N(c2ccccc2C)c2cc3c4cc(N(c5cccc(C)c5)c5ccccc5C)c5ccc(-c6ccc(C)c(N(c7ccccc7C)c7cc8c9cc(N(c%10ccccc%10C)c%10ccccc%10C)c%10ccccc%10c9oc8c8ccccc78)c6)cc5c4oc3c3ccccc23)c1. The lowest BCUT2D eigenvalue weighted by Gasteiger charge is -2.30. The van der Waals surface area contributed by atoms with Gasteiger partial charge in [-0.15, -0.1) is 0 Å². The zero-order valence-electron chi connectivity index (χ0n) is 58.5. The molecule has 0 aliphatic rings. The molecule has 6 nitrogen and oxygen atoms in total. The van der Waals surface area contributed by atoms with Crippen LogP contribution in [0.15, 0.2) is 312 Å². The van der Waals surface area contributed by atoms with Crippen molar-refractivity contribution in [3.8, 4) is 11.1 Å². The molecule has 0 unspecified atom stereocenters. The molecule has 0 atom stereocenters. The lowest BCUT2D eigenvalue weighted by atomic mass is 9.95. The summed E-state index contributed by atoms with van der Waals surface area (Å²) in [7, 11) is 0. The van der Waals surface area contributed by atoms with Crippen LogP contribution in [0.4, 0.5) is 68.2 Å². The molecule has 16 aromatic carbocycles. The van der Waals surface area contributed by atoms with E-state index in [0.717, 1.165) is 177 Å². The van der Waals surface area contributed by atoms with E-state index in [1.807, 2.05) is 0 Å². The Morgan fingerprint density at radius 3 is 0.824 bits per heavy atom. The number of hydrogen-bond acceptors (Lipinski definition) is 6. The van der Waals surface area contributed by atoms with Gasteiger partial charge < -0.3 is 28.4 Å². The Morgan fingerprint density at radius 2 is 0.451 bits per heavy atom. The van der Waals surface area contributed by atoms with Crippen molar-refractivity contribution in [2.24, 2.45) is 0 Å². The Morgan fingerprint density at radius 1 is 0.176 bits per heavy atom. The van der Waals surface area contributed by atoms with E-state index in [9.17, 15) is 0 Å². The summed E-state index contributed by atoms with van der Waals surface area (Å²) < 4.78 is 14.9. The number of furan rings is 2. The minimum absolute atomic E-state index is 0.831. The van der Waals surface area contributed by atoms with Gasteiger partial charge in [0.15, 0.2) is 0 Å². The highest BCUT2D eigenvalue weighted by Gasteiger charge is 2.29. The molecule has 0 aliphatic carbocycles. The van der Waals surface area contributed by atoms with Crippen molar-refractivity contribution in [1.29, 1.82) is 0 Å². The topological polar surface area (TPSA) is 39.2 Å². The highest BCUT2D eigenvalue weighted by atomic mass is 16.3. The van der Waals surface area contributed by atoms with Gasteiger partial charge in [0.2, 0.25) is 0 Å². The number of rotatable bonds is 13. The molecule has 0 amide bonds.